The van der Waals surface area contributed by atoms with E-state index in [0.29, 0.717) is 32.1 Å². The van der Waals surface area contributed by atoms with Gasteiger partial charge in [0.05, 0.1) is 6.04 Å². The minimum atomic E-state index is -0.484. The summed E-state index contributed by atoms with van der Waals surface area (Å²) in [5.74, 6) is -0.0214. The summed E-state index contributed by atoms with van der Waals surface area (Å²) in [5.41, 5.74) is 0. The molecule has 0 aromatic heterocycles. The molecule has 7 nitrogen and oxygen atoms in total. The average Bonchev–Trinajstić information content (AvgIpc) is 3.44. The molecule has 1 aliphatic carbocycles. The Balaban J connectivity index is 1.45. The number of piperazine rings is 1. The molecule has 1 unspecified atom stereocenters. The number of amides is 3. The molecule has 0 aromatic carbocycles. The molecule has 2 heterocycles. The van der Waals surface area contributed by atoms with Gasteiger partial charge in [-0.25, -0.2) is 0 Å². The fraction of sp³-hybridized carbons (Fsp3) is 0.833. The van der Waals surface area contributed by atoms with Gasteiger partial charge < -0.3 is 15.1 Å². The standard InChI is InChI=1S/C18H30N4O3/c1-13-5-7-21(8-6-13)17(24)14(2)20-9-11-22(12-10-20)18(25)16(23)19-15-3-4-15/h13-15H,3-12H2,1-2H3,(H,19,23). The van der Waals surface area contributed by atoms with Gasteiger partial charge in [0, 0.05) is 45.3 Å². The Morgan fingerprint density at radius 1 is 0.880 bits per heavy atom. The highest BCUT2D eigenvalue weighted by Crippen LogP contribution is 2.19. The highest BCUT2D eigenvalue weighted by Gasteiger charge is 2.34. The van der Waals surface area contributed by atoms with E-state index in [4.69, 9.17) is 0 Å². The molecule has 1 N–H and O–H groups in total. The maximum Gasteiger partial charge on any atom is 0.311 e. The van der Waals surface area contributed by atoms with Crippen molar-refractivity contribution in [2.75, 3.05) is 39.3 Å². The van der Waals surface area contributed by atoms with Gasteiger partial charge in [0.25, 0.3) is 0 Å². The van der Waals surface area contributed by atoms with Gasteiger partial charge in [-0.3, -0.25) is 19.3 Å². The molecule has 0 aromatic rings. The lowest BCUT2D eigenvalue weighted by atomic mass is 9.98. The maximum atomic E-state index is 12.7. The van der Waals surface area contributed by atoms with E-state index >= 15 is 0 Å². The number of nitrogens with one attached hydrogen (secondary N) is 1. The first-order valence-electron chi connectivity index (χ1n) is 9.58. The van der Waals surface area contributed by atoms with Gasteiger partial charge in [0.2, 0.25) is 5.91 Å². The van der Waals surface area contributed by atoms with Crippen LogP contribution in [-0.4, -0.2) is 83.8 Å². The second-order valence-electron chi connectivity index (χ2n) is 7.76. The monoisotopic (exact) mass is 350 g/mol. The number of piperidine rings is 1. The minimum Gasteiger partial charge on any atom is -0.345 e. The molecular formula is C18H30N4O3. The molecule has 1 atom stereocenters. The molecule has 0 radical (unpaired) electrons. The van der Waals surface area contributed by atoms with Crippen LogP contribution in [0.4, 0.5) is 0 Å². The molecule has 2 saturated heterocycles. The molecule has 3 aliphatic rings. The zero-order valence-electron chi connectivity index (χ0n) is 15.4. The van der Waals surface area contributed by atoms with Crippen molar-refractivity contribution in [3.8, 4) is 0 Å². The molecule has 3 amide bonds. The number of nitrogens with zero attached hydrogens (tertiary/aromatic N) is 3. The van der Waals surface area contributed by atoms with Gasteiger partial charge in [-0.05, 0) is 38.5 Å². The van der Waals surface area contributed by atoms with E-state index in [2.05, 4.69) is 17.1 Å². The van der Waals surface area contributed by atoms with Crippen LogP contribution in [0.25, 0.3) is 0 Å². The Bertz CT molecular complexity index is 518. The number of hydrogen-bond acceptors (Lipinski definition) is 4. The van der Waals surface area contributed by atoms with Gasteiger partial charge in [-0.15, -0.1) is 0 Å². The second-order valence-corrected chi connectivity index (χ2v) is 7.76. The number of carbonyl (C=O) groups excluding carboxylic acids is 3. The molecule has 2 aliphatic heterocycles. The Hall–Kier alpha value is -1.63. The predicted octanol–water partition coefficient (Wildman–Crippen LogP) is 0.0562. The topological polar surface area (TPSA) is 73.0 Å². The van der Waals surface area contributed by atoms with Crippen LogP contribution < -0.4 is 5.32 Å². The summed E-state index contributed by atoms with van der Waals surface area (Å²) in [7, 11) is 0. The predicted molar refractivity (Wildman–Crippen MR) is 93.8 cm³/mol. The third kappa shape index (κ3) is 4.51. The molecule has 0 bridgehead atoms. The Morgan fingerprint density at radius 3 is 2.04 bits per heavy atom. The smallest absolute Gasteiger partial charge is 0.311 e. The zero-order chi connectivity index (χ0) is 18.0. The van der Waals surface area contributed by atoms with Crippen LogP contribution in [0.15, 0.2) is 0 Å². The van der Waals surface area contributed by atoms with Crippen molar-refractivity contribution >= 4 is 17.7 Å². The van der Waals surface area contributed by atoms with Crippen molar-refractivity contribution in [2.45, 2.75) is 51.6 Å². The zero-order valence-corrected chi connectivity index (χ0v) is 15.4. The summed E-state index contributed by atoms with van der Waals surface area (Å²) in [4.78, 5) is 42.4. The fourth-order valence-corrected chi connectivity index (χ4v) is 3.58. The molecule has 140 valence electrons. The Labute approximate surface area is 149 Å². The third-order valence-electron chi connectivity index (χ3n) is 5.71. The van der Waals surface area contributed by atoms with Gasteiger partial charge >= 0.3 is 11.8 Å². The van der Waals surface area contributed by atoms with E-state index in [1.54, 1.807) is 4.90 Å². The summed E-state index contributed by atoms with van der Waals surface area (Å²) >= 11 is 0. The lowest BCUT2D eigenvalue weighted by molar-refractivity contribution is -0.148. The maximum absolute atomic E-state index is 12.7. The van der Waals surface area contributed by atoms with Crippen molar-refractivity contribution < 1.29 is 14.4 Å². The van der Waals surface area contributed by atoms with Crippen molar-refractivity contribution in [3.05, 3.63) is 0 Å². The van der Waals surface area contributed by atoms with E-state index in [1.807, 2.05) is 11.8 Å². The highest BCUT2D eigenvalue weighted by molar-refractivity contribution is 6.35. The van der Waals surface area contributed by atoms with E-state index in [1.165, 1.54) is 0 Å². The minimum absolute atomic E-state index is 0.161. The van der Waals surface area contributed by atoms with Crippen LogP contribution in [0.3, 0.4) is 0 Å². The van der Waals surface area contributed by atoms with Crippen LogP contribution >= 0.6 is 0 Å². The molecular weight excluding hydrogens is 320 g/mol. The fourth-order valence-electron chi connectivity index (χ4n) is 3.58. The normalized spacial score (nSPS) is 24.1. The number of likely N-dealkylation sites (tertiary alicyclic amines) is 1. The van der Waals surface area contributed by atoms with Gasteiger partial charge in [0.1, 0.15) is 0 Å². The first-order chi connectivity index (χ1) is 12.0. The number of hydrogen-bond donors (Lipinski definition) is 1. The van der Waals surface area contributed by atoms with E-state index in [-0.39, 0.29) is 18.0 Å². The molecule has 25 heavy (non-hydrogen) atoms. The first kappa shape index (κ1) is 18.2. The quantitative estimate of drug-likeness (QED) is 0.731. The van der Waals surface area contributed by atoms with E-state index < -0.39 is 11.8 Å². The van der Waals surface area contributed by atoms with Crippen LogP contribution in [-0.2, 0) is 14.4 Å². The van der Waals surface area contributed by atoms with Gasteiger partial charge in [-0.2, -0.15) is 0 Å². The summed E-state index contributed by atoms with van der Waals surface area (Å²) < 4.78 is 0. The molecule has 3 rings (SSSR count). The lowest BCUT2D eigenvalue weighted by Crippen LogP contribution is -2.57. The van der Waals surface area contributed by atoms with Crippen molar-refractivity contribution in [2.24, 2.45) is 5.92 Å². The average molecular weight is 350 g/mol. The van der Waals surface area contributed by atoms with Crippen LogP contribution in [0.1, 0.15) is 39.5 Å². The first-order valence-corrected chi connectivity index (χ1v) is 9.58. The summed E-state index contributed by atoms with van der Waals surface area (Å²) in [6, 6.07) is 0.0357. The molecule has 7 heteroatoms. The molecule has 1 saturated carbocycles. The van der Waals surface area contributed by atoms with Crippen molar-refractivity contribution in [1.82, 2.24) is 20.0 Å². The molecule has 0 spiro atoms. The van der Waals surface area contributed by atoms with Crippen LogP contribution in [0, 0.1) is 5.92 Å². The van der Waals surface area contributed by atoms with E-state index in [9.17, 15) is 14.4 Å². The van der Waals surface area contributed by atoms with Crippen LogP contribution in [0.5, 0.6) is 0 Å². The van der Waals surface area contributed by atoms with Gasteiger partial charge in [0.15, 0.2) is 0 Å². The Morgan fingerprint density at radius 2 is 1.48 bits per heavy atom. The summed E-state index contributed by atoms with van der Waals surface area (Å²) in [6.07, 6.45) is 4.11. The number of rotatable bonds is 3. The van der Waals surface area contributed by atoms with Crippen LogP contribution in [0.2, 0.25) is 0 Å². The Kier molecular flexibility index (Phi) is 5.61. The van der Waals surface area contributed by atoms with Crippen molar-refractivity contribution in [1.29, 1.82) is 0 Å². The summed E-state index contributed by atoms with van der Waals surface area (Å²) in [5, 5.41) is 2.75. The summed E-state index contributed by atoms with van der Waals surface area (Å²) in [6.45, 7) is 8.18. The van der Waals surface area contributed by atoms with Crippen molar-refractivity contribution in [3.63, 3.8) is 0 Å². The second kappa shape index (κ2) is 7.72. The highest BCUT2D eigenvalue weighted by atomic mass is 16.2. The SMILES string of the molecule is CC1CCN(C(=O)C(C)N2CCN(C(=O)C(=O)NC3CC3)CC2)CC1. The van der Waals surface area contributed by atoms with Gasteiger partial charge in [-0.1, -0.05) is 6.92 Å². The lowest BCUT2D eigenvalue weighted by Gasteiger charge is -2.40. The third-order valence-corrected chi connectivity index (χ3v) is 5.71. The number of carbonyl (C=O) groups is 3. The largest absolute Gasteiger partial charge is 0.345 e. The molecule has 3 fully saturated rings. The van der Waals surface area contributed by atoms with E-state index in [0.717, 1.165) is 38.8 Å².